The highest BCUT2D eigenvalue weighted by atomic mass is 35.5. The van der Waals surface area contributed by atoms with E-state index in [0.29, 0.717) is 0 Å². The standard InChI is InChI=1S/C15H16ClN3O4S/c1-15(2,11-5-3-4-8-18-11)24(22,23)13-9(16)6-7-10(12(13)20)19-14(17)21/h3-8,20H,1-2H3,(H3,17,19,21). The van der Waals surface area contributed by atoms with Crippen molar-refractivity contribution in [1.82, 2.24) is 4.98 Å². The Morgan fingerprint density at radius 3 is 2.50 bits per heavy atom. The van der Waals surface area contributed by atoms with E-state index >= 15 is 0 Å². The van der Waals surface area contributed by atoms with E-state index in [-0.39, 0.29) is 16.4 Å². The summed E-state index contributed by atoms with van der Waals surface area (Å²) in [6.45, 7) is 2.91. The fourth-order valence-electron chi connectivity index (χ4n) is 2.15. The second kappa shape index (κ2) is 6.29. The summed E-state index contributed by atoms with van der Waals surface area (Å²) in [6.07, 6.45) is 1.47. The van der Waals surface area contributed by atoms with Crippen LogP contribution in [0.2, 0.25) is 5.02 Å². The van der Waals surface area contributed by atoms with Gasteiger partial charge in [-0.15, -0.1) is 0 Å². The number of aromatic nitrogens is 1. The molecule has 0 saturated heterocycles. The number of pyridine rings is 1. The third kappa shape index (κ3) is 3.02. The van der Waals surface area contributed by atoms with Gasteiger partial charge in [0.1, 0.15) is 9.64 Å². The van der Waals surface area contributed by atoms with Crippen LogP contribution < -0.4 is 11.1 Å². The summed E-state index contributed by atoms with van der Waals surface area (Å²) in [5, 5.41) is 12.3. The normalized spacial score (nSPS) is 12.0. The maximum absolute atomic E-state index is 13.1. The first kappa shape index (κ1) is 18.0. The van der Waals surface area contributed by atoms with Gasteiger partial charge in [0, 0.05) is 6.20 Å². The molecule has 0 saturated carbocycles. The smallest absolute Gasteiger partial charge is 0.316 e. The first-order valence-electron chi connectivity index (χ1n) is 6.83. The van der Waals surface area contributed by atoms with Crippen LogP contribution in [0.5, 0.6) is 5.75 Å². The van der Waals surface area contributed by atoms with Gasteiger partial charge in [0.2, 0.25) is 0 Å². The first-order valence-corrected chi connectivity index (χ1v) is 8.69. The molecule has 7 nitrogen and oxygen atoms in total. The van der Waals surface area contributed by atoms with Crippen LogP contribution in [0.3, 0.4) is 0 Å². The number of anilines is 1. The van der Waals surface area contributed by atoms with Gasteiger partial charge in [-0.05, 0) is 38.1 Å². The molecule has 0 aliphatic heterocycles. The second-order valence-electron chi connectivity index (χ2n) is 5.49. The summed E-state index contributed by atoms with van der Waals surface area (Å²) in [5.74, 6) is -0.676. The van der Waals surface area contributed by atoms with Crippen LogP contribution in [0, 0.1) is 0 Å². The van der Waals surface area contributed by atoms with E-state index in [9.17, 15) is 18.3 Å². The predicted molar refractivity (Wildman–Crippen MR) is 90.8 cm³/mol. The Morgan fingerprint density at radius 1 is 1.29 bits per heavy atom. The maximum atomic E-state index is 13.1. The van der Waals surface area contributed by atoms with Crippen molar-refractivity contribution in [3.63, 3.8) is 0 Å². The van der Waals surface area contributed by atoms with Crippen molar-refractivity contribution in [2.24, 2.45) is 5.73 Å². The molecule has 0 bridgehead atoms. The number of primary amides is 1. The number of halogens is 1. The minimum absolute atomic E-state index is 0.151. The summed E-state index contributed by atoms with van der Waals surface area (Å²) >= 11 is 6.01. The number of carbonyl (C=O) groups excluding carboxylic acids is 1. The van der Waals surface area contributed by atoms with Gasteiger partial charge >= 0.3 is 6.03 Å². The molecule has 1 aromatic heterocycles. The largest absolute Gasteiger partial charge is 0.504 e. The van der Waals surface area contributed by atoms with Crippen LogP contribution in [0.4, 0.5) is 10.5 Å². The lowest BCUT2D eigenvalue weighted by Crippen LogP contribution is -2.31. The van der Waals surface area contributed by atoms with Crippen molar-refractivity contribution >= 4 is 33.2 Å². The number of phenolic OH excluding ortho intramolecular Hbond substituents is 1. The lowest BCUT2D eigenvalue weighted by molar-refractivity contribution is 0.259. The third-order valence-electron chi connectivity index (χ3n) is 3.56. The Bertz CT molecular complexity index is 883. The van der Waals surface area contributed by atoms with Crippen LogP contribution in [0.25, 0.3) is 0 Å². The molecule has 2 aromatic rings. The van der Waals surface area contributed by atoms with E-state index in [2.05, 4.69) is 10.3 Å². The topological polar surface area (TPSA) is 122 Å². The monoisotopic (exact) mass is 369 g/mol. The molecule has 2 amide bonds. The maximum Gasteiger partial charge on any atom is 0.316 e. The van der Waals surface area contributed by atoms with Crippen molar-refractivity contribution in [2.45, 2.75) is 23.5 Å². The molecule has 0 atom stereocenters. The highest BCUT2D eigenvalue weighted by molar-refractivity contribution is 7.92. The lowest BCUT2D eigenvalue weighted by atomic mass is 10.1. The molecule has 0 spiro atoms. The van der Waals surface area contributed by atoms with Gasteiger partial charge in [-0.1, -0.05) is 17.7 Å². The number of amides is 2. The van der Waals surface area contributed by atoms with Gasteiger partial charge in [0.05, 0.1) is 16.4 Å². The van der Waals surface area contributed by atoms with Crippen LogP contribution in [0.1, 0.15) is 19.5 Å². The number of rotatable bonds is 4. The van der Waals surface area contributed by atoms with Crippen molar-refractivity contribution in [3.05, 3.63) is 47.2 Å². The van der Waals surface area contributed by atoms with Crippen molar-refractivity contribution < 1.29 is 18.3 Å². The molecule has 1 heterocycles. The Hall–Kier alpha value is -2.32. The van der Waals surface area contributed by atoms with Gasteiger partial charge in [0.15, 0.2) is 15.6 Å². The SMILES string of the molecule is CC(C)(c1ccccn1)S(=O)(=O)c1c(Cl)ccc(NC(N)=O)c1O. The number of nitrogens with two attached hydrogens (primary N) is 1. The highest BCUT2D eigenvalue weighted by Crippen LogP contribution is 2.44. The van der Waals surface area contributed by atoms with Gasteiger partial charge in [-0.25, -0.2) is 13.2 Å². The molecule has 9 heteroatoms. The predicted octanol–water partition coefficient (Wildman–Crippen LogP) is 2.64. The number of nitrogens with one attached hydrogen (secondary N) is 1. The molecule has 0 unspecified atom stereocenters. The van der Waals surface area contributed by atoms with E-state index in [1.807, 2.05) is 0 Å². The van der Waals surface area contributed by atoms with Crippen LogP contribution in [0.15, 0.2) is 41.4 Å². The second-order valence-corrected chi connectivity index (χ2v) is 8.33. The summed E-state index contributed by atoms with van der Waals surface area (Å²) in [5.41, 5.74) is 5.15. The Kier molecular flexibility index (Phi) is 4.73. The van der Waals surface area contributed by atoms with Crippen LogP contribution in [-0.2, 0) is 14.6 Å². The van der Waals surface area contributed by atoms with Crippen LogP contribution >= 0.6 is 11.6 Å². The van der Waals surface area contributed by atoms with Crippen molar-refractivity contribution in [2.75, 3.05) is 5.32 Å². The average Bonchev–Trinajstić information content (AvgIpc) is 2.50. The molecule has 1 aromatic carbocycles. The zero-order chi connectivity index (χ0) is 18.1. The van der Waals surface area contributed by atoms with Gasteiger partial charge in [0.25, 0.3) is 0 Å². The van der Waals surface area contributed by atoms with E-state index in [1.54, 1.807) is 18.2 Å². The van der Waals surface area contributed by atoms with E-state index in [4.69, 9.17) is 17.3 Å². The van der Waals surface area contributed by atoms with Gasteiger partial charge in [-0.3, -0.25) is 4.98 Å². The van der Waals surface area contributed by atoms with E-state index in [1.165, 1.54) is 32.2 Å². The Balaban J connectivity index is 2.68. The number of urea groups is 1. The minimum Gasteiger partial charge on any atom is -0.504 e. The van der Waals surface area contributed by atoms with Gasteiger partial charge in [-0.2, -0.15) is 0 Å². The molecule has 0 fully saturated rings. The fraction of sp³-hybridized carbons (Fsp3) is 0.200. The van der Waals surface area contributed by atoms with Crippen LogP contribution in [-0.4, -0.2) is 24.5 Å². The summed E-state index contributed by atoms with van der Waals surface area (Å²) in [6, 6.07) is 6.46. The quantitative estimate of drug-likeness (QED) is 0.715. The first-order chi connectivity index (χ1) is 11.1. The number of carbonyl (C=O) groups is 1. The fourth-order valence-corrected chi connectivity index (χ4v) is 4.20. The average molecular weight is 370 g/mol. The molecule has 0 radical (unpaired) electrons. The molecule has 2 rings (SSSR count). The number of hydrogen-bond donors (Lipinski definition) is 3. The number of aromatic hydroxyl groups is 1. The minimum atomic E-state index is -4.15. The number of sulfone groups is 1. The third-order valence-corrected chi connectivity index (χ3v) is 6.49. The van der Waals surface area contributed by atoms with E-state index in [0.717, 1.165) is 0 Å². The van der Waals surface area contributed by atoms with E-state index < -0.39 is 31.3 Å². The Labute approximate surface area is 144 Å². The lowest BCUT2D eigenvalue weighted by Gasteiger charge is -2.25. The molecule has 4 N–H and O–H groups in total. The molecular formula is C15H16ClN3O4S. The van der Waals surface area contributed by atoms with Crippen molar-refractivity contribution in [3.8, 4) is 5.75 Å². The molecule has 0 aliphatic rings. The summed E-state index contributed by atoms with van der Waals surface area (Å²) in [7, 11) is -4.15. The molecule has 128 valence electrons. The number of nitrogens with zero attached hydrogens (tertiary/aromatic N) is 1. The Morgan fingerprint density at radius 2 is 1.96 bits per heavy atom. The zero-order valence-corrected chi connectivity index (χ0v) is 14.5. The highest BCUT2D eigenvalue weighted by Gasteiger charge is 2.42. The molecule has 0 aliphatic carbocycles. The molecular weight excluding hydrogens is 354 g/mol. The summed E-state index contributed by atoms with van der Waals surface area (Å²) in [4.78, 5) is 14.6. The van der Waals surface area contributed by atoms with Crippen molar-refractivity contribution in [1.29, 1.82) is 0 Å². The zero-order valence-electron chi connectivity index (χ0n) is 12.9. The molecule has 24 heavy (non-hydrogen) atoms. The summed E-state index contributed by atoms with van der Waals surface area (Å²) < 4.78 is 24.7. The number of hydrogen-bond acceptors (Lipinski definition) is 5. The number of benzene rings is 1. The van der Waals surface area contributed by atoms with Gasteiger partial charge < -0.3 is 16.2 Å². The number of phenols is 1.